The highest BCUT2D eigenvalue weighted by molar-refractivity contribution is 7.91. The molecule has 10 nitrogen and oxygen atoms in total. The molecule has 1 aliphatic rings. The zero-order chi connectivity index (χ0) is 22.1. The lowest BCUT2D eigenvalue weighted by Crippen LogP contribution is -2.51. The number of methoxy groups -OCH3 is 1. The SMILES string of the molecule is COc1cccc(COc2ccn3nc(C(=O)NC4(C)CCS(=O)(=O)CC4)cc3n2)n1. The van der Waals surface area contributed by atoms with Gasteiger partial charge in [-0.3, -0.25) is 4.79 Å². The molecule has 0 aromatic carbocycles. The minimum absolute atomic E-state index is 0.0688. The summed E-state index contributed by atoms with van der Waals surface area (Å²) >= 11 is 0. The van der Waals surface area contributed by atoms with Crippen LogP contribution in [0.2, 0.25) is 0 Å². The summed E-state index contributed by atoms with van der Waals surface area (Å²) in [4.78, 5) is 21.4. The van der Waals surface area contributed by atoms with E-state index >= 15 is 0 Å². The number of pyridine rings is 1. The van der Waals surface area contributed by atoms with E-state index in [9.17, 15) is 13.2 Å². The Kier molecular flexibility index (Phi) is 5.52. The van der Waals surface area contributed by atoms with E-state index < -0.39 is 15.4 Å². The van der Waals surface area contributed by atoms with Gasteiger partial charge in [0.15, 0.2) is 11.3 Å². The van der Waals surface area contributed by atoms with Crippen LogP contribution < -0.4 is 14.8 Å². The van der Waals surface area contributed by atoms with Gasteiger partial charge in [-0.1, -0.05) is 6.07 Å². The van der Waals surface area contributed by atoms with Gasteiger partial charge in [0, 0.05) is 29.9 Å². The zero-order valence-corrected chi connectivity index (χ0v) is 18.1. The molecule has 1 fully saturated rings. The third kappa shape index (κ3) is 4.93. The topological polar surface area (TPSA) is 125 Å². The van der Waals surface area contributed by atoms with Gasteiger partial charge in [-0.25, -0.2) is 17.9 Å². The second-order valence-corrected chi connectivity index (χ2v) is 10.0. The molecule has 164 valence electrons. The van der Waals surface area contributed by atoms with Crippen molar-refractivity contribution in [2.24, 2.45) is 0 Å². The van der Waals surface area contributed by atoms with Gasteiger partial charge >= 0.3 is 0 Å². The molecule has 0 unspecified atom stereocenters. The van der Waals surface area contributed by atoms with Crippen LogP contribution in [0.15, 0.2) is 36.5 Å². The number of carbonyl (C=O) groups excluding carboxylic acids is 1. The Balaban J connectivity index is 1.44. The van der Waals surface area contributed by atoms with E-state index in [1.54, 1.807) is 31.5 Å². The summed E-state index contributed by atoms with van der Waals surface area (Å²) < 4.78 is 35.6. The van der Waals surface area contributed by atoms with Crippen LogP contribution in [0.4, 0.5) is 0 Å². The Morgan fingerprint density at radius 2 is 1.97 bits per heavy atom. The van der Waals surface area contributed by atoms with E-state index in [2.05, 4.69) is 20.4 Å². The van der Waals surface area contributed by atoms with Gasteiger partial charge < -0.3 is 14.8 Å². The van der Waals surface area contributed by atoms with Gasteiger partial charge in [0.2, 0.25) is 11.8 Å². The smallest absolute Gasteiger partial charge is 0.272 e. The summed E-state index contributed by atoms with van der Waals surface area (Å²) in [7, 11) is -1.47. The molecule has 0 atom stereocenters. The third-order valence-corrected chi connectivity index (χ3v) is 6.89. The van der Waals surface area contributed by atoms with Crippen LogP contribution in [-0.4, -0.2) is 58.1 Å². The summed E-state index contributed by atoms with van der Waals surface area (Å²) in [5.74, 6) is 0.641. The van der Waals surface area contributed by atoms with Gasteiger partial charge in [-0.15, -0.1) is 0 Å². The summed E-state index contributed by atoms with van der Waals surface area (Å²) in [6.45, 7) is 2.06. The first-order valence-corrected chi connectivity index (χ1v) is 11.6. The van der Waals surface area contributed by atoms with Crippen molar-refractivity contribution in [2.75, 3.05) is 18.6 Å². The van der Waals surface area contributed by atoms with Gasteiger partial charge in [-0.05, 0) is 25.8 Å². The normalized spacial score (nSPS) is 17.2. The molecule has 3 aromatic heterocycles. The van der Waals surface area contributed by atoms with Crippen LogP contribution in [0, 0.1) is 0 Å². The molecule has 31 heavy (non-hydrogen) atoms. The molecule has 0 radical (unpaired) electrons. The van der Waals surface area contributed by atoms with Crippen LogP contribution in [-0.2, 0) is 16.4 Å². The molecule has 3 aromatic rings. The van der Waals surface area contributed by atoms with Crippen LogP contribution in [0.25, 0.3) is 5.65 Å². The number of nitrogens with zero attached hydrogens (tertiary/aromatic N) is 4. The maximum Gasteiger partial charge on any atom is 0.272 e. The van der Waals surface area contributed by atoms with Gasteiger partial charge in [0.05, 0.1) is 24.3 Å². The number of sulfone groups is 1. The van der Waals surface area contributed by atoms with Crippen molar-refractivity contribution < 1.29 is 22.7 Å². The number of rotatable bonds is 6. The lowest BCUT2D eigenvalue weighted by Gasteiger charge is -2.34. The molecular formula is C20H23N5O5S. The molecule has 0 saturated carbocycles. The molecule has 11 heteroatoms. The highest BCUT2D eigenvalue weighted by Gasteiger charge is 2.35. The van der Waals surface area contributed by atoms with Crippen molar-refractivity contribution in [3.63, 3.8) is 0 Å². The van der Waals surface area contributed by atoms with Crippen molar-refractivity contribution in [2.45, 2.75) is 31.9 Å². The molecule has 4 heterocycles. The number of carbonyl (C=O) groups is 1. The molecule has 1 saturated heterocycles. The number of aromatic nitrogens is 4. The standard InChI is InChI=1S/C20H23N5O5S/c1-20(7-10-31(27,28)11-8-20)23-19(26)15-12-16-22-18(6-9-25(16)24-15)30-13-14-4-3-5-17(21-14)29-2/h3-6,9,12H,7-8,10-11,13H2,1-2H3,(H,23,26). The van der Waals surface area contributed by atoms with E-state index in [4.69, 9.17) is 9.47 Å². The number of ether oxygens (including phenoxy) is 2. The van der Waals surface area contributed by atoms with Gasteiger partial charge in [0.25, 0.3) is 5.91 Å². The highest BCUT2D eigenvalue weighted by atomic mass is 32.2. The van der Waals surface area contributed by atoms with E-state index in [0.29, 0.717) is 35.9 Å². The van der Waals surface area contributed by atoms with Crippen LogP contribution in [0.5, 0.6) is 11.8 Å². The van der Waals surface area contributed by atoms with Crippen molar-refractivity contribution in [1.29, 1.82) is 0 Å². The van der Waals surface area contributed by atoms with Crippen molar-refractivity contribution in [3.8, 4) is 11.8 Å². The van der Waals surface area contributed by atoms with Crippen molar-refractivity contribution in [3.05, 3.63) is 47.9 Å². The zero-order valence-electron chi connectivity index (χ0n) is 17.2. The number of hydrogen-bond acceptors (Lipinski definition) is 8. The summed E-state index contributed by atoms with van der Waals surface area (Å²) in [6.07, 6.45) is 2.41. The second-order valence-electron chi connectivity index (χ2n) is 7.72. The van der Waals surface area contributed by atoms with Crippen LogP contribution in [0.3, 0.4) is 0 Å². The average molecular weight is 446 g/mol. The number of amides is 1. The maximum absolute atomic E-state index is 12.7. The minimum Gasteiger partial charge on any atom is -0.481 e. The largest absolute Gasteiger partial charge is 0.481 e. The van der Waals surface area contributed by atoms with E-state index in [0.717, 1.165) is 0 Å². The molecule has 0 spiro atoms. The molecule has 0 aliphatic carbocycles. The first-order valence-electron chi connectivity index (χ1n) is 9.77. The predicted molar refractivity (Wildman–Crippen MR) is 112 cm³/mol. The van der Waals surface area contributed by atoms with Crippen LogP contribution >= 0.6 is 0 Å². The molecular weight excluding hydrogens is 422 g/mol. The first kappa shape index (κ1) is 21.0. The third-order valence-electron chi connectivity index (χ3n) is 5.23. The maximum atomic E-state index is 12.7. The van der Waals surface area contributed by atoms with Gasteiger partial charge in [0.1, 0.15) is 16.4 Å². The molecule has 1 aliphatic heterocycles. The Morgan fingerprint density at radius 1 is 1.19 bits per heavy atom. The quantitative estimate of drug-likeness (QED) is 0.604. The molecule has 1 amide bonds. The lowest BCUT2D eigenvalue weighted by molar-refractivity contribution is 0.0894. The van der Waals surface area contributed by atoms with E-state index in [1.165, 1.54) is 4.52 Å². The van der Waals surface area contributed by atoms with Crippen molar-refractivity contribution >= 4 is 21.4 Å². The summed E-state index contributed by atoms with van der Waals surface area (Å²) in [6, 6.07) is 8.61. The average Bonchev–Trinajstić information content (AvgIpc) is 3.19. The lowest BCUT2D eigenvalue weighted by atomic mass is 9.95. The summed E-state index contributed by atoms with van der Waals surface area (Å²) in [5.41, 5.74) is 0.771. The fourth-order valence-corrected chi connectivity index (χ4v) is 5.03. The predicted octanol–water partition coefficient (Wildman–Crippen LogP) is 1.41. The Labute approximate surface area is 179 Å². The Morgan fingerprint density at radius 3 is 2.71 bits per heavy atom. The van der Waals surface area contributed by atoms with Crippen molar-refractivity contribution in [1.82, 2.24) is 24.9 Å². The molecule has 1 N–H and O–H groups in total. The molecule has 4 rings (SSSR count). The highest BCUT2D eigenvalue weighted by Crippen LogP contribution is 2.24. The summed E-state index contributed by atoms with van der Waals surface area (Å²) in [5, 5.41) is 7.18. The number of nitrogens with one attached hydrogen (secondary N) is 1. The minimum atomic E-state index is -3.02. The van der Waals surface area contributed by atoms with Crippen LogP contribution in [0.1, 0.15) is 35.9 Å². The Bertz CT molecular complexity index is 1210. The van der Waals surface area contributed by atoms with E-state index in [-0.39, 0.29) is 29.7 Å². The first-order chi connectivity index (χ1) is 14.8. The van der Waals surface area contributed by atoms with E-state index in [1.807, 2.05) is 19.1 Å². The van der Waals surface area contributed by atoms with Gasteiger partial charge in [-0.2, -0.15) is 10.1 Å². The monoisotopic (exact) mass is 445 g/mol. The Hall–Kier alpha value is -3.21. The fraction of sp³-hybridized carbons (Fsp3) is 0.400. The second kappa shape index (κ2) is 8.14. The fourth-order valence-electron chi connectivity index (χ4n) is 3.30. The number of hydrogen-bond donors (Lipinski definition) is 1. The number of fused-ring (bicyclic) bond motifs is 1. The molecule has 0 bridgehead atoms.